The molecule has 3 nitrogen and oxygen atoms in total. The lowest BCUT2D eigenvalue weighted by Gasteiger charge is -2.42. The molecule has 1 aliphatic rings. The van der Waals surface area contributed by atoms with E-state index in [0.717, 1.165) is 31.2 Å². The number of rotatable bonds is 5. The molecule has 0 spiro atoms. The number of halogens is 1. The van der Waals surface area contributed by atoms with Gasteiger partial charge in [-0.25, -0.2) is 0 Å². The first kappa shape index (κ1) is 16.0. The zero-order valence-corrected chi connectivity index (χ0v) is 13.4. The van der Waals surface area contributed by atoms with E-state index in [9.17, 15) is 9.59 Å². The Kier molecular flexibility index (Phi) is 5.04. The number of hydrogen-bond donors (Lipinski definition) is 1. The topological polar surface area (TPSA) is 46.2 Å². The molecule has 21 heavy (non-hydrogen) atoms. The third kappa shape index (κ3) is 3.13. The van der Waals surface area contributed by atoms with Gasteiger partial charge < -0.3 is 0 Å². The minimum Gasteiger partial charge on any atom is -0.296 e. The average molecular weight is 308 g/mol. The van der Waals surface area contributed by atoms with E-state index in [1.165, 1.54) is 0 Å². The number of carbonyl (C=O) groups is 2. The van der Waals surface area contributed by atoms with Crippen molar-refractivity contribution >= 4 is 23.4 Å². The van der Waals surface area contributed by atoms with Gasteiger partial charge in [-0.05, 0) is 29.9 Å². The Labute approximate surface area is 131 Å². The zero-order valence-electron chi connectivity index (χ0n) is 12.6. The fourth-order valence-corrected chi connectivity index (χ4v) is 3.65. The highest BCUT2D eigenvalue weighted by atomic mass is 35.5. The molecule has 1 fully saturated rings. The Morgan fingerprint density at radius 1 is 1.29 bits per heavy atom. The number of imide groups is 1. The van der Waals surface area contributed by atoms with Crippen LogP contribution in [0.5, 0.6) is 0 Å². The first-order valence-electron chi connectivity index (χ1n) is 7.62. The summed E-state index contributed by atoms with van der Waals surface area (Å²) in [5.74, 6) is -0.723. The monoisotopic (exact) mass is 307 g/mol. The van der Waals surface area contributed by atoms with Crippen LogP contribution >= 0.6 is 11.6 Å². The summed E-state index contributed by atoms with van der Waals surface area (Å²) in [5.41, 5.74) is 0.516. The van der Waals surface area contributed by atoms with Crippen LogP contribution in [0.3, 0.4) is 0 Å². The second-order valence-corrected chi connectivity index (χ2v) is 6.27. The maximum atomic E-state index is 12.5. The molecule has 1 N–H and O–H groups in total. The molecule has 0 aromatic heterocycles. The minimum atomic E-state index is -0.347. The van der Waals surface area contributed by atoms with Crippen LogP contribution in [0.25, 0.3) is 0 Å². The quantitative estimate of drug-likeness (QED) is 0.834. The van der Waals surface area contributed by atoms with E-state index < -0.39 is 0 Å². The van der Waals surface area contributed by atoms with Gasteiger partial charge in [0.2, 0.25) is 11.8 Å². The summed E-state index contributed by atoms with van der Waals surface area (Å²) in [6.45, 7) is 4.18. The van der Waals surface area contributed by atoms with Crippen LogP contribution in [-0.2, 0) is 9.59 Å². The van der Waals surface area contributed by atoms with Crippen molar-refractivity contribution in [3.8, 4) is 0 Å². The smallest absolute Gasteiger partial charge is 0.234 e. The van der Waals surface area contributed by atoms with Gasteiger partial charge in [0.25, 0.3) is 0 Å². The van der Waals surface area contributed by atoms with E-state index in [1.54, 1.807) is 6.07 Å². The number of benzene rings is 1. The summed E-state index contributed by atoms with van der Waals surface area (Å²) in [5, 5.41) is 3.08. The summed E-state index contributed by atoms with van der Waals surface area (Å²) in [7, 11) is 0. The van der Waals surface area contributed by atoms with Crippen LogP contribution in [0.1, 0.15) is 57.4 Å². The molecule has 1 aromatic rings. The van der Waals surface area contributed by atoms with Crippen molar-refractivity contribution in [2.24, 2.45) is 5.41 Å². The molecule has 2 atom stereocenters. The van der Waals surface area contributed by atoms with Crippen molar-refractivity contribution < 1.29 is 9.59 Å². The summed E-state index contributed by atoms with van der Waals surface area (Å²) < 4.78 is 0. The molecule has 1 aromatic carbocycles. The van der Waals surface area contributed by atoms with Crippen LogP contribution in [0, 0.1) is 5.41 Å². The minimum absolute atomic E-state index is 0.166. The summed E-state index contributed by atoms with van der Waals surface area (Å²) in [6.07, 6.45) is 4.12. The fraction of sp³-hybridized carbons (Fsp3) is 0.529. The van der Waals surface area contributed by atoms with E-state index in [4.69, 9.17) is 11.6 Å². The van der Waals surface area contributed by atoms with Crippen LogP contribution in [0.4, 0.5) is 0 Å². The number of nitrogens with one attached hydrogen (secondary N) is 1. The predicted molar refractivity (Wildman–Crippen MR) is 84.2 cm³/mol. The fourth-order valence-electron chi connectivity index (χ4n) is 3.40. The predicted octanol–water partition coefficient (Wildman–Crippen LogP) is 4.06. The molecule has 1 aliphatic heterocycles. The van der Waals surface area contributed by atoms with Gasteiger partial charge in [-0.1, -0.05) is 56.5 Å². The highest BCUT2D eigenvalue weighted by Gasteiger charge is 2.48. The molecule has 114 valence electrons. The molecule has 2 rings (SSSR count). The van der Waals surface area contributed by atoms with E-state index in [2.05, 4.69) is 19.2 Å². The molecule has 2 unspecified atom stereocenters. The lowest BCUT2D eigenvalue weighted by atomic mass is 9.63. The Morgan fingerprint density at radius 2 is 2.00 bits per heavy atom. The average Bonchev–Trinajstić information content (AvgIpc) is 2.46. The molecular formula is C17H22ClNO2. The SMILES string of the molecule is CCCCC1(CC)CC(=O)NC(=O)C1c1ccccc1Cl. The summed E-state index contributed by atoms with van der Waals surface area (Å²) >= 11 is 6.31. The normalized spacial score (nSPS) is 25.8. The van der Waals surface area contributed by atoms with Crippen molar-refractivity contribution in [1.82, 2.24) is 5.32 Å². The van der Waals surface area contributed by atoms with Gasteiger partial charge in [0.05, 0.1) is 5.92 Å². The standard InChI is InChI=1S/C17H22ClNO2/c1-3-5-10-17(4-2)11-14(20)19-16(21)15(17)12-8-6-7-9-13(12)18/h6-9,15H,3-5,10-11H2,1-2H3,(H,19,20,21). The van der Waals surface area contributed by atoms with Crippen molar-refractivity contribution in [1.29, 1.82) is 0 Å². The Morgan fingerprint density at radius 3 is 2.62 bits per heavy atom. The first-order chi connectivity index (χ1) is 10.0. The number of carbonyl (C=O) groups excluding carboxylic acids is 2. The van der Waals surface area contributed by atoms with Crippen molar-refractivity contribution in [3.63, 3.8) is 0 Å². The van der Waals surface area contributed by atoms with E-state index in [0.29, 0.717) is 11.4 Å². The molecular weight excluding hydrogens is 286 g/mol. The second kappa shape index (κ2) is 6.61. The first-order valence-corrected chi connectivity index (χ1v) is 8.00. The molecule has 4 heteroatoms. The lowest BCUT2D eigenvalue weighted by Crippen LogP contribution is -2.50. The molecule has 0 bridgehead atoms. The second-order valence-electron chi connectivity index (χ2n) is 5.86. The number of amides is 2. The van der Waals surface area contributed by atoms with Gasteiger partial charge in [-0.2, -0.15) is 0 Å². The van der Waals surface area contributed by atoms with Crippen molar-refractivity contribution in [3.05, 3.63) is 34.9 Å². The third-order valence-electron chi connectivity index (χ3n) is 4.60. The van der Waals surface area contributed by atoms with Gasteiger partial charge in [0.1, 0.15) is 0 Å². The number of hydrogen-bond acceptors (Lipinski definition) is 2. The molecule has 1 heterocycles. The van der Waals surface area contributed by atoms with Crippen LogP contribution in [0.15, 0.2) is 24.3 Å². The van der Waals surface area contributed by atoms with Crippen molar-refractivity contribution in [2.75, 3.05) is 0 Å². The van der Waals surface area contributed by atoms with Gasteiger partial charge in [0.15, 0.2) is 0 Å². The number of unbranched alkanes of at least 4 members (excludes halogenated alkanes) is 1. The van der Waals surface area contributed by atoms with Crippen LogP contribution in [0.2, 0.25) is 5.02 Å². The van der Waals surface area contributed by atoms with Crippen molar-refractivity contribution in [2.45, 2.75) is 51.9 Å². The molecule has 1 saturated heterocycles. The Hall–Kier alpha value is -1.35. The Bertz CT molecular complexity index is 543. The summed E-state index contributed by atoms with van der Waals surface area (Å²) in [6, 6.07) is 7.46. The lowest BCUT2D eigenvalue weighted by molar-refractivity contribution is -0.140. The highest BCUT2D eigenvalue weighted by Crippen LogP contribution is 2.49. The van der Waals surface area contributed by atoms with Crippen LogP contribution < -0.4 is 5.32 Å². The molecule has 0 saturated carbocycles. The third-order valence-corrected chi connectivity index (χ3v) is 4.94. The van der Waals surface area contributed by atoms with Gasteiger partial charge >= 0.3 is 0 Å². The largest absolute Gasteiger partial charge is 0.296 e. The van der Waals surface area contributed by atoms with E-state index in [-0.39, 0.29) is 23.1 Å². The number of piperidine rings is 1. The highest BCUT2D eigenvalue weighted by molar-refractivity contribution is 6.31. The maximum absolute atomic E-state index is 12.5. The Balaban J connectivity index is 2.48. The molecule has 0 aliphatic carbocycles. The van der Waals surface area contributed by atoms with E-state index in [1.807, 2.05) is 18.2 Å². The zero-order chi connectivity index (χ0) is 15.5. The molecule has 2 amide bonds. The molecule has 0 radical (unpaired) electrons. The van der Waals surface area contributed by atoms with E-state index >= 15 is 0 Å². The van der Waals surface area contributed by atoms with Gasteiger partial charge in [-0.3, -0.25) is 14.9 Å². The van der Waals surface area contributed by atoms with Gasteiger partial charge in [0, 0.05) is 11.4 Å². The maximum Gasteiger partial charge on any atom is 0.234 e. The van der Waals surface area contributed by atoms with Crippen LogP contribution in [-0.4, -0.2) is 11.8 Å². The van der Waals surface area contributed by atoms with Gasteiger partial charge in [-0.15, -0.1) is 0 Å². The summed E-state index contributed by atoms with van der Waals surface area (Å²) in [4.78, 5) is 24.4.